The highest BCUT2D eigenvalue weighted by molar-refractivity contribution is 14.0. The zero-order chi connectivity index (χ0) is 18.6. The van der Waals surface area contributed by atoms with Crippen LogP contribution in [0, 0.1) is 0 Å². The van der Waals surface area contributed by atoms with E-state index < -0.39 is 0 Å². The molecule has 0 aliphatic carbocycles. The van der Waals surface area contributed by atoms with Gasteiger partial charge < -0.3 is 20.3 Å². The molecule has 1 aromatic carbocycles. The Balaban J connectivity index is 0.00000364. The maximum absolute atomic E-state index is 5.08. The predicted octanol–water partition coefficient (Wildman–Crippen LogP) is 3.06. The highest BCUT2D eigenvalue weighted by Gasteiger charge is 2.05. The zero-order valence-corrected chi connectivity index (χ0v) is 19.4. The van der Waals surface area contributed by atoms with Crippen LogP contribution in [-0.2, 0) is 11.3 Å². The van der Waals surface area contributed by atoms with E-state index in [0.717, 1.165) is 54.9 Å². The van der Waals surface area contributed by atoms with Gasteiger partial charge in [0.05, 0.1) is 12.2 Å². The molecule has 0 unspecified atom stereocenters. The van der Waals surface area contributed by atoms with Crippen molar-refractivity contribution >= 4 is 41.3 Å². The lowest BCUT2D eigenvalue weighted by molar-refractivity contribution is 0.180. The molecule has 2 rings (SSSR count). The standard InChI is InChI=1S/C19H29N5OS.HI/c1-20-19(21-10-12-24(2)11-7-13-25-3)22-14-18-23-17(15-26-18)16-8-5-4-6-9-16;/h4-6,8-9,15H,7,10-14H2,1-3H3,(H2,20,21,22);1H. The van der Waals surface area contributed by atoms with Gasteiger partial charge in [-0.3, -0.25) is 4.99 Å². The van der Waals surface area contributed by atoms with E-state index in [1.807, 2.05) is 18.2 Å². The van der Waals surface area contributed by atoms with Crippen LogP contribution in [0.2, 0.25) is 0 Å². The Morgan fingerprint density at radius 3 is 2.70 bits per heavy atom. The lowest BCUT2D eigenvalue weighted by Gasteiger charge is -2.17. The monoisotopic (exact) mass is 503 g/mol. The molecule has 0 bridgehead atoms. The highest BCUT2D eigenvalue weighted by atomic mass is 127. The Morgan fingerprint density at radius 1 is 1.22 bits per heavy atom. The fourth-order valence-corrected chi connectivity index (χ4v) is 3.21. The van der Waals surface area contributed by atoms with Gasteiger partial charge in [0.25, 0.3) is 0 Å². The molecule has 0 aliphatic heterocycles. The number of halogens is 1. The van der Waals surface area contributed by atoms with E-state index in [0.29, 0.717) is 6.54 Å². The van der Waals surface area contributed by atoms with E-state index in [9.17, 15) is 0 Å². The van der Waals surface area contributed by atoms with Crippen molar-refractivity contribution in [1.29, 1.82) is 0 Å². The van der Waals surface area contributed by atoms with Crippen LogP contribution in [-0.4, -0.2) is 63.3 Å². The van der Waals surface area contributed by atoms with Gasteiger partial charge in [-0.1, -0.05) is 30.3 Å². The number of guanidine groups is 1. The highest BCUT2D eigenvalue weighted by Crippen LogP contribution is 2.21. The van der Waals surface area contributed by atoms with Crippen molar-refractivity contribution in [3.8, 4) is 11.3 Å². The van der Waals surface area contributed by atoms with Crippen LogP contribution in [0.5, 0.6) is 0 Å². The van der Waals surface area contributed by atoms with Crippen LogP contribution in [0.3, 0.4) is 0 Å². The quantitative estimate of drug-likeness (QED) is 0.226. The number of benzene rings is 1. The number of aliphatic imine (C=N–C) groups is 1. The van der Waals surface area contributed by atoms with E-state index >= 15 is 0 Å². The Labute approximate surface area is 183 Å². The molecular weight excluding hydrogens is 473 g/mol. The Bertz CT molecular complexity index is 665. The zero-order valence-electron chi connectivity index (χ0n) is 16.3. The average Bonchev–Trinajstić information content (AvgIpc) is 3.14. The van der Waals surface area contributed by atoms with Gasteiger partial charge >= 0.3 is 0 Å². The van der Waals surface area contributed by atoms with Gasteiger partial charge in [0.2, 0.25) is 0 Å². The summed E-state index contributed by atoms with van der Waals surface area (Å²) in [5.74, 6) is 0.798. The maximum Gasteiger partial charge on any atom is 0.191 e. The smallest absolute Gasteiger partial charge is 0.191 e. The van der Waals surface area contributed by atoms with Gasteiger partial charge in [0, 0.05) is 51.3 Å². The molecule has 0 atom stereocenters. The molecule has 0 saturated heterocycles. The fourth-order valence-electron chi connectivity index (χ4n) is 2.47. The summed E-state index contributed by atoms with van der Waals surface area (Å²) in [6, 6.07) is 10.2. The fraction of sp³-hybridized carbons (Fsp3) is 0.474. The predicted molar refractivity (Wildman–Crippen MR) is 125 cm³/mol. The summed E-state index contributed by atoms with van der Waals surface area (Å²) in [6.07, 6.45) is 1.05. The van der Waals surface area contributed by atoms with Crippen LogP contribution >= 0.6 is 35.3 Å². The van der Waals surface area contributed by atoms with Crippen LogP contribution in [0.25, 0.3) is 11.3 Å². The number of aromatic nitrogens is 1. The molecule has 27 heavy (non-hydrogen) atoms. The first-order valence-electron chi connectivity index (χ1n) is 8.84. The Kier molecular flexibility index (Phi) is 12.2. The number of rotatable bonds is 10. The van der Waals surface area contributed by atoms with Crippen molar-refractivity contribution in [2.45, 2.75) is 13.0 Å². The van der Waals surface area contributed by atoms with Crippen molar-refractivity contribution in [1.82, 2.24) is 20.5 Å². The third-order valence-electron chi connectivity index (χ3n) is 3.93. The lowest BCUT2D eigenvalue weighted by atomic mass is 10.2. The van der Waals surface area contributed by atoms with Crippen molar-refractivity contribution in [2.75, 3.05) is 47.4 Å². The van der Waals surface area contributed by atoms with E-state index in [1.165, 1.54) is 0 Å². The van der Waals surface area contributed by atoms with E-state index in [1.54, 1.807) is 25.5 Å². The molecule has 2 N–H and O–H groups in total. The van der Waals surface area contributed by atoms with Crippen molar-refractivity contribution < 1.29 is 4.74 Å². The molecule has 150 valence electrons. The van der Waals surface area contributed by atoms with Gasteiger partial charge in [-0.15, -0.1) is 35.3 Å². The van der Waals surface area contributed by atoms with Crippen molar-refractivity contribution in [3.05, 3.63) is 40.7 Å². The molecule has 6 nitrogen and oxygen atoms in total. The minimum atomic E-state index is 0. The summed E-state index contributed by atoms with van der Waals surface area (Å²) in [6.45, 7) is 4.31. The minimum absolute atomic E-state index is 0. The molecule has 0 spiro atoms. The average molecular weight is 503 g/mol. The molecule has 1 heterocycles. The third kappa shape index (κ3) is 9.00. The number of methoxy groups -OCH3 is 1. The van der Waals surface area contributed by atoms with Crippen molar-refractivity contribution in [2.24, 2.45) is 4.99 Å². The SMILES string of the molecule is CN=C(NCCN(C)CCCOC)NCc1nc(-c2ccccc2)cs1.I. The number of nitrogens with zero attached hydrogens (tertiary/aromatic N) is 3. The normalized spacial score (nSPS) is 11.3. The van der Waals surface area contributed by atoms with Gasteiger partial charge in [-0.2, -0.15) is 0 Å². The van der Waals surface area contributed by atoms with Gasteiger partial charge in [-0.05, 0) is 13.5 Å². The summed E-state index contributed by atoms with van der Waals surface area (Å²) in [5.41, 5.74) is 2.17. The number of hydrogen-bond donors (Lipinski definition) is 2. The Morgan fingerprint density at radius 2 is 2.00 bits per heavy atom. The summed E-state index contributed by atoms with van der Waals surface area (Å²) >= 11 is 1.66. The number of ether oxygens (including phenoxy) is 1. The molecular formula is C19H30IN5OS. The van der Waals surface area contributed by atoms with E-state index in [-0.39, 0.29) is 24.0 Å². The molecule has 2 aromatic rings. The first-order chi connectivity index (χ1) is 12.7. The number of likely N-dealkylation sites (N-methyl/N-ethyl adjacent to an activating group) is 1. The summed E-state index contributed by atoms with van der Waals surface area (Å²) in [4.78, 5) is 11.2. The van der Waals surface area contributed by atoms with E-state index in [2.05, 4.69) is 45.1 Å². The van der Waals surface area contributed by atoms with E-state index in [4.69, 9.17) is 9.72 Å². The second-order valence-electron chi connectivity index (χ2n) is 5.99. The topological polar surface area (TPSA) is 61.8 Å². The third-order valence-corrected chi connectivity index (χ3v) is 4.78. The van der Waals surface area contributed by atoms with Crippen LogP contribution in [0.1, 0.15) is 11.4 Å². The molecule has 1 aromatic heterocycles. The Hall–Kier alpha value is -1.23. The maximum atomic E-state index is 5.08. The second-order valence-corrected chi connectivity index (χ2v) is 6.94. The number of nitrogens with one attached hydrogen (secondary N) is 2. The molecule has 0 saturated carbocycles. The van der Waals surface area contributed by atoms with Crippen molar-refractivity contribution in [3.63, 3.8) is 0 Å². The number of thiazole rings is 1. The summed E-state index contributed by atoms with van der Waals surface area (Å²) < 4.78 is 5.08. The molecule has 0 fully saturated rings. The van der Waals surface area contributed by atoms with Crippen LogP contribution in [0.4, 0.5) is 0 Å². The summed E-state index contributed by atoms with van der Waals surface area (Å²) in [5, 5.41) is 9.81. The van der Waals surface area contributed by atoms with Gasteiger partial charge in [0.15, 0.2) is 5.96 Å². The molecule has 0 aliphatic rings. The number of hydrogen-bond acceptors (Lipinski definition) is 5. The first kappa shape index (κ1) is 23.8. The summed E-state index contributed by atoms with van der Waals surface area (Å²) in [7, 11) is 5.64. The largest absolute Gasteiger partial charge is 0.385 e. The van der Waals surface area contributed by atoms with Gasteiger partial charge in [-0.25, -0.2) is 4.98 Å². The molecule has 0 amide bonds. The molecule has 8 heteroatoms. The lowest BCUT2D eigenvalue weighted by Crippen LogP contribution is -2.40. The second kappa shape index (κ2) is 13.9. The molecule has 0 radical (unpaired) electrons. The van der Waals surface area contributed by atoms with Gasteiger partial charge in [0.1, 0.15) is 5.01 Å². The van der Waals surface area contributed by atoms with Crippen LogP contribution < -0.4 is 10.6 Å². The first-order valence-corrected chi connectivity index (χ1v) is 9.72. The minimum Gasteiger partial charge on any atom is -0.385 e. The van der Waals surface area contributed by atoms with Crippen LogP contribution in [0.15, 0.2) is 40.7 Å².